The van der Waals surface area contributed by atoms with Crippen LogP contribution in [0.3, 0.4) is 0 Å². The fourth-order valence-corrected chi connectivity index (χ4v) is 3.20. The van der Waals surface area contributed by atoms with Crippen molar-refractivity contribution in [1.82, 2.24) is 19.5 Å². The number of hydrogen-bond acceptors (Lipinski definition) is 4. The van der Waals surface area contributed by atoms with Gasteiger partial charge in [0.15, 0.2) is 5.65 Å². The van der Waals surface area contributed by atoms with E-state index in [1.165, 1.54) is 12.7 Å². The Balaban J connectivity index is 1.55. The first-order valence-corrected chi connectivity index (χ1v) is 8.62. The topological polar surface area (TPSA) is 59.7 Å². The highest BCUT2D eigenvalue weighted by atomic mass is 16.5. The number of ether oxygens (including phenoxy) is 1. The van der Waals surface area contributed by atoms with Gasteiger partial charge in [0.25, 0.3) is 5.91 Å². The number of pyridine rings is 1. The molecule has 4 rings (SSSR count). The maximum Gasteiger partial charge on any atom is 0.257 e. The maximum atomic E-state index is 12.8. The summed E-state index contributed by atoms with van der Waals surface area (Å²) < 4.78 is 7.72. The van der Waals surface area contributed by atoms with Crippen molar-refractivity contribution in [1.29, 1.82) is 0 Å². The highest BCUT2D eigenvalue weighted by Gasteiger charge is 2.21. The zero-order chi connectivity index (χ0) is 17.1. The molecular formula is C19H20N4O2. The van der Waals surface area contributed by atoms with E-state index < -0.39 is 0 Å². The molecule has 0 spiro atoms. The predicted octanol–water partition coefficient (Wildman–Crippen LogP) is 2.93. The number of amides is 1. The molecule has 1 aliphatic rings. The maximum absolute atomic E-state index is 12.8. The van der Waals surface area contributed by atoms with Gasteiger partial charge in [-0.15, -0.1) is 0 Å². The molecule has 3 heterocycles. The lowest BCUT2D eigenvalue weighted by atomic mass is 10.1. The highest BCUT2D eigenvalue weighted by Crippen LogP contribution is 2.23. The molecule has 0 radical (unpaired) electrons. The summed E-state index contributed by atoms with van der Waals surface area (Å²) in [5, 5.41) is 4.21. The summed E-state index contributed by atoms with van der Waals surface area (Å²) in [4.78, 5) is 18.9. The van der Waals surface area contributed by atoms with Gasteiger partial charge in [0.1, 0.15) is 18.7 Å². The normalized spacial score (nSPS) is 14.6. The van der Waals surface area contributed by atoms with E-state index in [0.717, 1.165) is 37.3 Å². The SMILES string of the molecule is O=C(c1ccccc1OCc1cccc2ncnn12)N1CCCCC1. The van der Waals surface area contributed by atoms with Crippen LogP contribution < -0.4 is 4.74 Å². The highest BCUT2D eigenvalue weighted by molar-refractivity contribution is 5.97. The first-order chi connectivity index (χ1) is 12.3. The zero-order valence-electron chi connectivity index (χ0n) is 14.0. The fraction of sp³-hybridized carbons (Fsp3) is 0.316. The van der Waals surface area contributed by atoms with E-state index in [0.29, 0.717) is 17.9 Å². The number of fused-ring (bicyclic) bond motifs is 1. The van der Waals surface area contributed by atoms with Gasteiger partial charge in [0, 0.05) is 13.1 Å². The van der Waals surface area contributed by atoms with Crippen molar-refractivity contribution in [2.45, 2.75) is 25.9 Å². The molecule has 25 heavy (non-hydrogen) atoms. The Morgan fingerprint density at radius 1 is 1.04 bits per heavy atom. The van der Waals surface area contributed by atoms with Crippen LogP contribution in [0, 0.1) is 0 Å². The minimum Gasteiger partial charge on any atom is -0.486 e. The van der Waals surface area contributed by atoms with Gasteiger partial charge in [-0.05, 0) is 43.5 Å². The number of likely N-dealkylation sites (tertiary alicyclic amines) is 1. The second-order valence-corrected chi connectivity index (χ2v) is 6.18. The van der Waals surface area contributed by atoms with Crippen LogP contribution in [0.2, 0.25) is 0 Å². The molecule has 6 nitrogen and oxygen atoms in total. The van der Waals surface area contributed by atoms with Crippen molar-refractivity contribution >= 4 is 11.6 Å². The van der Waals surface area contributed by atoms with E-state index in [9.17, 15) is 4.79 Å². The summed E-state index contributed by atoms with van der Waals surface area (Å²) >= 11 is 0. The molecule has 128 valence electrons. The van der Waals surface area contributed by atoms with Gasteiger partial charge in [-0.25, -0.2) is 9.50 Å². The molecular weight excluding hydrogens is 316 g/mol. The van der Waals surface area contributed by atoms with Crippen molar-refractivity contribution in [2.24, 2.45) is 0 Å². The van der Waals surface area contributed by atoms with E-state index in [1.807, 2.05) is 47.4 Å². The second kappa shape index (κ2) is 6.93. The predicted molar refractivity (Wildman–Crippen MR) is 93.5 cm³/mol. The minimum atomic E-state index is 0.0502. The Morgan fingerprint density at radius 2 is 1.88 bits per heavy atom. The number of para-hydroxylation sites is 1. The number of benzene rings is 1. The molecule has 1 aliphatic heterocycles. The summed E-state index contributed by atoms with van der Waals surface area (Å²) in [6.07, 6.45) is 4.86. The smallest absolute Gasteiger partial charge is 0.257 e. The Kier molecular flexibility index (Phi) is 4.33. The van der Waals surface area contributed by atoms with Gasteiger partial charge in [-0.3, -0.25) is 4.79 Å². The molecule has 1 fully saturated rings. The van der Waals surface area contributed by atoms with Crippen molar-refractivity contribution < 1.29 is 9.53 Å². The Bertz CT molecular complexity index is 884. The van der Waals surface area contributed by atoms with E-state index >= 15 is 0 Å². The third kappa shape index (κ3) is 3.20. The lowest BCUT2D eigenvalue weighted by Gasteiger charge is -2.27. The molecule has 1 amide bonds. The molecule has 6 heteroatoms. The quantitative estimate of drug-likeness (QED) is 0.735. The number of hydrogen-bond donors (Lipinski definition) is 0. The van der Waals surface area contributed by atoms with Gasteiger partial charge in [0.05, 0.1) is 11.3 Å². The van der Waals surface area contributed by atoms with Crippen LogP contribution in [0.4, 0.5) is 0 Å². The van der Waals surface area contributed by atoms with Crippen molar-refractivity contribution in [3.05, 3.63) is 60.0 Å². The number of carbonyl (C=O) groups excluding carboxylic acids is 1. The van der Waals surface area contributed by atoms with E-state index in [-0.39, 0.29) is 5.91 Å². The number of carbonyl (C=O) groups is 1. The molecule has 1 saturated heterocycles. The van der Waals surface area contributed by atoms with Crippen molar-refractivity contribution in [3.63, 3.8) is 0 Å². The largest absolute Gasteiger partial charge is 0.486 e. The number of aromatic nitrogens is 3. The lowest BCUT2D eigenvalue weighted by molar-refractivity contribution is 0.0719. The van der Waals surface area contributed by atoms with Gasteiger partial charge in [-0.2, -0.15) is 5.10 Å². The molecule has 0 atom stereocenters. The minimum absolute atomic E-state index is 0.0502. The van der Waals surface area contributed by atoms with Gasteiger partial charge < -0.3 is 9.64 Å². The summed E-state index contributed by atoms with van der Waals surface area (Å²) in [6.45, 7) is 1.97. The third-order valence-electron chi connectivity index (χ3n) is 4.52. The van der Waals surface area contributed by atoms with Crippen LogP contribution in [0.25, 0.3) is 5.65 Å². The first kappa shape index (κ1) is 15.6. The van der Waals surface area contributed by atoms with Gasteiger partial charge >= 0.3 is 0 Å². The number of nitrogens with zero attached hydrogens (tertiary/aromatic N) is 4. The fourth-order valence-electron chi connectivity index (χ4n) is 3.20. The van der Waals surface area contributed by atoms with Crippen LogP contribution in [-0.4, -0.2) is 38.5 Å². The second-order valence-electron chi connectivity index (χ2n) is 6.18. The van der Waals surface area contributed by atoms with Crippen molar-refractivity contribution in [3.8, 4) is 5.75 Å². The Morgan fingerprint density at radius 3 is 2.76 bits per heavy atom. The van der Waals surface area contributed by atoms with E-state index in [1.54, 1.807) is 4.52 Å². The van der Waals surface area contributed by atoms with Crippen LogP contribution in [0.5, 0.6) is 5.75 Å². The average molecular weight is 336 g/mol. The van der Waals surface area contributed by atoms with Crippen molar-refractivity contribution in [2.75, 3.05) is 13.1 Å². The monoisotopic (exact) mass is 336 g/mol. The number of piperidine rings is 1. The third-order valence-corrected chi connectivity index (χ3v) is 4.52. The van der Waals surface area contributed by atoms with Gasteiger partial charge in [0.2, 0.25) is 0 Å². The lowest BCUT2D eigenvalue weighted by Crippen LogP contribution is -2.35. The molecule has 1 aromatic carbocycles. The molecule has 0 unspecified atom stereocenters. The molecule has 0 N–H and O–H groups in total. The van der Waals surface area contributed by atoms with Crippen LogP contribution in [0.1, 0.15) is 35.3 Å². The molecule has 3 aromatic rings. The first-order valence-electron chi connectivity index (χ1n) is 8.62. The van der Waals surface area contributed by atoms with Crippen LogP contribution in [0.15, 0.2) is 48.8 Å². The summed E-state index contributed by atoms with van der Waals surface area (Å²) in [6, 6.07) is 13.2. The molecule has 0 saturated carbocycles. The number of rotatable bonds is 4. The average Bonchev–Trinajstić information content (AvgIpc) is 3.16. The molecule has 2 aromatic heterocycles. The Hall–Kier alpha value is -2.89. The van der Waals surface area contributed by atoms with Crippen LogP contribution in [-0.2, 0) is 6.61 Å². The van der Waals surface area contributed by atoms with Crippen LogP contribution >= 0.6 is 0 Å². The van der Waals surface area contributed by atoms with E-state index in [2.05, 4.69) is 10.1 Å². The summed E-state index contributed by atoms with van der Waals surface area (Å²) in [5.41, 5.74) is 2.28. The Labute approximate surface area is 146 Å². The molecule has 0 bridgehead atoms. The summed E-state index contributed by atoms with van der Waals surface area (Å²) in [7, 11) is 0. The molecule has 0 aliphatic carbocycles. The summed E-state index contributed by atoms with van der Waals surface area (Å²) in [5.74, 6) is 0.657. The van der Waals surface area contributed by atoms with E-state index in [4.69, 9.17) is 4.74 Å². The zero-order valence-corrected chi connectivity index (χ0v) is 14.0. The standard InChI is InChI=1S/C19H20N4O2/c24-19(22-11-4-1-5-12-22)16-8-2-3-9-17(16)25-13-15-7-6-10-18-20-14-21-23(15)18/h2-3,6-10,14H,1,4-5,11-13H2. The van der Waals surface area contributed by atoms with Gasteiger partial charge in [-0.1, -0.05) is 18.2 Å².